The van der Waals surface area contributed by atoms with Crippen molar-refractivity contribution in [2.24, 2.45) is 16.7 Å². The average molecular weight is 693 g/mol. The van der Waals surface area contributed by atoms with Gasteiger partial charge in [-0.25, -0.2) is 4.79 Å². The summed E-state index contributed by atoms with van der Waals surface area (Å²) in [5.74, 6) is -2.15. The highest BCUT2D eigenvalue weighted by molar-refractivity contribution is 9.10. The van der Waals surface area contributed by atoms with Crippen LogP contribution < -0.4 is 5.32 Å². The fourth-order valence-corrected chi connectivity index (χ4v) is 8.95. The number of likely N-dealkylation sites (tertiary alicyclic amines) is 1. The van der Waals surface area contributed by atoms with Crippen molar-refractivity contribution in [2.75, 3.05) is 20.6 Å². The SMILES string of the molecule is CN(C)C(=O)[C@H](CCCCN1C(=O)C2C3(C)C(=O)C(C)(C(c4ccccc4)=C3c3ccccc3)C2(Br)C1=O)NC(=O)OC(C)(C)C. The topological polar surface area (TPSA) is 113 Å². The number of fused-ring (bicyclic) bond motifs is 5. The number of benzene rings is 2. The van der Waals surface area contributed by atoms with Crippen LogP contribution in [0, 0.1) is 16.7 Å². The summed E-state index contributed by atoms with van der Waals surface area (Å²) in [7, 11) is 3.22. The van der Waals surface area contributed by atoms with Gasteiger partial charge < -0.3 is 15.0 Å². The van der Waals surface area contributed by atoms with E-state index in [9.17, 15) is 24.0 Å². The van der Waals surface area contributed by atoms with Gasteiger partial charge in [-0.05, 0) is 76.2 Å². The van der Waals surface area contributed by atoms with Crippen LogP contribution in [0.15, 0.2) is 60.7 Å². The Bertz CT molecular complexity index is 1620. The Balaban J connectivity index is 1.42. The lowest BCUT2D eigenvalue weighted by molar-refractivity contribution is -0.144. The lowest BCUT2D eigenvalue weighted by Gasteiger charge is -2.41. The number of ketones is 1. The number of halogens is 1. The van der Waals surface area contributed by atoms with E-state index in [0.717, 1.165) is 22.3 Å². The van der Waals surface area contributed by atoms with Crippen LogP contribution >= 0.6 is 15.9 Å². The van der Waals surface area contributed by atoms with Crippen LogP contribution in [0.25, 0.3) is 11.1 Å². The molecule has 4 amide bonds. The fourth-order valence-electron chi connectivity index (χ4n) is 7.71. The normalized spacial score (nSPS) is 27.6. The molecule has 1 saturated carbocycles. The van der Waals surface area contributed by atoms with Gasteiger partial charge in [0.15, 0.2) is 5.78 Å². The molecule has 1 N–H and O–H groups in total. The molecule has 2 bridgehead atoms. The molecule has 1 saturated heterocycles. The maximum absolute atomic E-state index is 14.5. The first-order valence-electron chi connectivity index (χ1n) is 15.7. The van der Waals surface area contributed by atoms with Crippen molar-refractivity contribution in [1.82, 2.24) is 15.1 Å². The van der Waals surface area contributed by atoms with E-state index in [2.05, 4.69) is 21.2 Å². The Kier molecular flexibility index (Phi) is 8.60. The quantitative estimate of drug-likeness (QED) is 0.212. The third kappa shape index (κ3) is 5.00. The van der Waals surface area contributed by atoms with Gasteiger partial charge in [0.25, 0.3) is 0 Å². The van der Waals surface area contributed by atoms with Gasteiger partial charge in [0.05, 0.1) is 16.7 Å². The van der Waals surface area contributed by atoms with Crippen molar-refractivity contribution in [3.05, 3.63) is 71.8 Å². The largest absolute Gasteiger partial charge is 0.444 e. The lowest BCUT2D eigenvalue weighted by atomic mass is 9.63. The standard InChI is InChI=1S/C36H42BrN3O6/c1-33(2,3)46-32(45)38-24(28(41)39(6)7)20-14-15-21-40-29(42)27-34(4)25(22-16-10-8-11-17-22)26(23-18-12-9-13-19-23)35(5,30(34)43)36(27,37)31(40)44/h8-13,16-19,24,27H,14-15,20-21H2,1-7H3,(H,38,45)/t24-,27?,34?,35?,36?/m0/s1. The number of unbranched alkanes of at least 4 members (excludes halogenated alkanes) is 1. The molecule has 9 nitrogen and oxygen atoms in total. The summed E-state index contributed by atoms with van der Waals surface area (Å²) >= 11 is 3.79. The monoisotopic (exact) mass is 691 g/mol. The van der Waals surface area contributed by atoms with Crippen molar-refractivity contribution in [3.63, 3.8) is 0 Å². The molecule has 46 heavy (non-hydrogen) atoms. The molecule has 2 aliphatic carbocycles. The summed E-state index contributed by atoms with van der Waals surface area (Å²) in [5.41, 5.74) is -0.0309. The van der Waals surface area contributed by atoms with E-state index < -0.39 is 44.7 Å². The van der Waals surface area contributed by atoms with E-state index in [1.165, 1.54) is 9.80 Å². The summed E-state index contributed by atoms with van der Waals surface area (Å²) in [6.07, 6.45) is 0.463. The number of hydrogen-bond donors (Lipinski definition) is 1. The highest BCUT2D eigenvalue weighted by Crippen LogP contribution is 2.77. The molecule has 244 valence electrons. The number of carbonyl (C=O) groups is 5. The van der Waals surface area contributed by atoms with Crippen molar-refractivity contribution in [2.45, 2.75) is 69.8 Å². The zero-order valence-corrected chi connectivity index (χ0v) is 29.1. The predicted molar refractivity (Wildman–Crippen MR) is 178 cm³/mol. The molecule has 5 rings (SSSR count). The van der Waals surface area contributed by atoms with Crippen molar-refractivity contribution < 1.29 is 28.7 Å². The molecule has 2 fully saturated rings. The summed E-state index contributed by atoms with van der Waals surface area (Å²) in [5, 5.41) is 2.66. The molecule has 4 unspecified atom stereocenters. The number of Topliss-reactive ketones (excluding diaryl/α,β-unsaturated/α-hetero) is 1. The van der Waals surface area contributed by atoms with E-state index in [4.69, 9.17) is 4.74 Å². The molecule has 0 aromatic heterocycles. The van der Waals surface area contributed by atoms with E-state index in [1.807, 2.05) is 67.6 Å². The third-order valence-electron chi connectivity index (χ3n) is 9.65. The number of nitrogens with zero attached hydrogens (tertiary/aromatic N) is 2. The summed E-state index contributed by atoms with van der Waals surface area (Å²) < 4.78 is 3.90. The second kappa shape index (κ2) is 11.8. The second-order valence-electron chi connectivity index (χ2n) is 14.0. The minimum Gasteiger partial charge on any atom is -0.444 e. The van der Waals surface area contributed by atoms with Crippen LogP contribution in [0.3, 0.4) is 0 Å². The Labute approximate surface area is 278 Å². The highest BCUT2D eigenvalue weighted by atomic mass is 79.9. The van der Waals surface area contributed by atoms with Gasteiger partial charge in [-0.2, -0.15) is 0 Å². The zero-order valence-electron chi connectivity index (χ0n) is 27.5. The molecule has 1 heterocycles. The van der Waals surface area contributed by atoms with Gasteiger partial charge in [0, 0.05) is 20.6 Å². The van der Waals surface area contributed by atoms with Crippen molar-refractivity contribution in [3.8, 4) is 0 Å². The van der Waals surface area contributed by atoms with Crippen LogP contribution in [0.5, 0.6) is 0 Å². The van der Waals surface area contributed by atoms with Gasteiger partial charge in [0.1, 0.15) is 16.0 Å². The van der Waals surface area contributed by atoms with Gasteiger partial charge in [-0.15, -0.1) is 0 Å². The number of hydrogen-bond acceptors (Lipinski definition) is 6. The molecule has 5 atom stereocenters. The maximum Gasteiger partial charge on any atom is 0.408 e. The van der Waals surface area contributed by atoms with Crippen LogP contribution in [0.2, 0.25) is 0 Å². The van der Waals surface area contributed by atoms with E-state index in [1.54, 1.807) is 41.8 Å². The lowest BCUT2D eigenvalue weighted by Crippen LogP contribution is -2.50. The summed E-state index contributed by atoms with van der Waals surface area (Å²) in [6, 6.07) is 18.4. The number of allylic oxidation sites excluding steroid dienone is 2. The molecule has 10 heteroatoms. The summed E-state index contributed by atoms with van der Waals surface area (Å²) in [4.78, 5) is 71.2. The first-order chi connectivity index (χ1) is 21.5. The molecular weight excluding hydrogens is 650 g/mol. The Morgan fingerprint density at radius 3 is 2.00 bits per heavy atom. The molecule has 0 spiro atoms. The Morgan fingerprint density at radius 1 is 0.935 bits per heavy atom. The maximum atomic E-state index is 14.5. The van der Waals surface area contributed by atoms with Crippen LogP contribution in [0.4, 0.5) is 4.79 Å². The highest BCUT2D eigenvalue weighted by Gasteiger charge is 2.85. The number of nitrogens with one attached hydrogen (secondary N) is 1. The average Bonchev–Trinajstić information content (AvgIpc) is 3.38. The molecule has 0 radical (unpaired) electrons. The van der Waals surface area contributed by atoms with E-state index in [-0.39, 0.29) is 24.1 Å². The number of amides is 4. The van der Waals surface area contributed by atoms with Gasteiger partial charge in [-0.3, -0.25) is 24.1 Å². The number of imide groups is 1. The summed E-state index contributed by atoms with van der Waals surface area (Å²) in [6.45, 7) is 8.97. The van der Waals surface area contributed by atoms with Crippen molar-refractivity contribution in [1.29, 1.82) is 0 Å². The van der Waals surface area contributed by atoms with Crippen LogP contribution in [0.1, 0.15) is 65.0 Å². The minimum absolute atomic E-state index is 0.124. The van der Waals surface area contributed by atoms with Crippen LogP contribution in [-0.4, -0.2) is 76.0 Å². The minimum atomic E-state index is -1.45. The first-order valence-corrected chi connectivity index (χ1v) is 16.5. The van der Waals surface area contributed by atoms with Crippen molar-refractivity contribution >= 4 is 56.7 Å². The number of alkyl halides is 1. The Morgan fingerprint density at radius 2 is 1.48 bits per heavy atom. The smallest absolute Gasteiger partial charge is 0.408 e. The number of ether oxygens (including phenoxy) is 1. The molecule has 3 aliphatic rings. The first kappa shape index (κ1) is 33.6. The van der Waals surface area contributed by atoms with Gasteiger partial charge >= 0.3 is 6.09 Å². The number of carbonyl (C=O) groups excluding carboxylic acids is 5. The van der Waals surface area contributed by atoms with E-state index >= 15 is 0 Å². The third-order valence-corrected chi connectivity index (χ3v) is 11.2. The van der Waals surface area contributed by atoms with E-state index in [0.29, 0.717) is 19.3 Å². The number of rotatable bonds is 9. The van der Waals surface area contributed by atoms with Gasteiger partial charge in [0.2, 0.25) is 17.7 Å². The predicted octanol–water partition coefficient (Wildman–Crippen LogP) is 5.48. The Hall–Kier alpha value is -3.79. The second-order valence-corrected chi connectivity index (χ2v) is 15.3. The molecular formula is C36H42BrN3O6. The molecule has 2 aromatic rings. The fraction of sp³-hybridized carbons (Fsp3) is 0.472. The molecule has 1 aliphatic heterocycles. The van der Waals surface area contributed by atoms with Crippen LogP contribution in [-0.2, 0) is 23.9 Å². The molecule has 2 aromatic carbocycles. The number of alkyl carbamates (subject to hydrolysis) is 1. The zero-order chi connectivity index (χ0) is 33.8. The number of likely N-dealkylation sites (N-methyl/N-ethyl adjacent to an activating group) is 1. The van der Waals surface area contributed by atoms with Gasteiger partial charge in [-0.1, -0.05) is 76.6 Å².